The zero-order valence-electron chi connectivity index (χ0n) is 14.0. The highest BCUT2D eigenvalue weighted by molar-refractivity contribution is 6.30. The first-order valence-corrected chi connectivity index (χ1v) is 7.88. The molecule has 0 saturated heterocycles. The van der Waals surface area contributed by atoms with Gasteiger partial charge in [0.1, 0.15) is 0 Å². The fourth-order valence-electron chi connectivity index (χ4n) is 2.03. The SMILES string of the molecule is COc1ccc(/C=N\OCC(=O)NCc2cccc(Cl)c2)cc1OC. The second-order valence-corrected chi connectivity index (χ2v) is 5.47. The van der Waals surface area contributed by atoms with Crippen LogP contribution in [0.2, 0.25) is 5.02 Å². The summed E-state index contributed by atoms with van der Waals surface area (Å²) in [4.78, 5) is 16.7. The van der Waals surface area contributed by atoms with Crippen molar-refractivity contribution in [2.45, 2.75) is 6.54 Å². The predicted molar refractivity (Wildman–Crippen MR) is 96.4 cm³/mol. The maximum atomic E-state index is 11.7. The van der Waals surface area contributed by atoms with Gasteiger partial charge in [-0.2, -0.15) is 0 Å². The van der Waals surface area contributed by atoms with E-state index in [-0.39, 0.29) is 12.5 Å². The Morgan fingerprint density at radius 3 is 2.68 bits per heavy atom. The zero-order chi connectivity index (χ0) is 18.1. The Bertz CT molecular complexity index is 750. The minimum atomic E-state index is -0.274. The standard InChI is InChI=1S/C18H19ClN2O4/c1-23-16-7-6-14(9-17(16)24-2)11-21-25-12-18(22)20-10-13-4-3-5-15(19)8-13/h3-9,11H,10,12H2,1-2H3,(H,20,22)/b21-11-. The van der Waals surface area contributed by atoms with Gasteiger partial charge in [-0.25, -0.2) is 0 Å². The van der Waals surface area contributed by atoms with Crippen molar-refractivity contribution in [2.75, 3.05) is 20.8 Å². The summed E-state index contributed by atoms with van der Waals surface area (Å²) in [7, 11) is 3.12. The highest BCUT2D eigenvalue weighted by Crippen LogP contribution is 2.26. The van der Waals surface area contributed by atoms with E-state index < -0.39 is 0 Å². The van der Waals surface area contributed by atoms with Crippen LogP contribution in [0.3, 0.4) is 0 Å². The smallest absolute Gasteiger partial charge is 0.261 e. The van der Waals surface area contributed by atoms with E-state index in [0.717, 1.165) is 11.1 Å². The van der Waals surface area contributed by atoms with Crippen molar-refractivity contribution in [2.24, 2.45) is 5.16 Å². The van der Waals surface area contributed by atoms with Crippen LogP contribution in [0.5, 0.6) is 11.5 Å². The van der Waals surface area contributed by atoms with Crippen molar-refractivity contribution in [1.82, 2.24) is 5.32 Å². The van der Waals surface area contributed by atoms with Gasteiger partial charge in [0.2, 0.25) is 0 Å². The molecular weight excluding hydrogens is 344 g/mol. The molecule has 2 aromatic carbocycles. The molecule has 2 aromatic rings. The number of nitrogens with zero attached hydrogens (tertiary/aromatic N) is 1. The Kier molecular flexibility index (Phi) is 7.10. The normalized spacial score (nSPS) is 10.5. The van der Waals surface area contributed by atoms with E-state index in [0.29, 0.717) is 23.1 Å². The van der Waals surface area contributed by atoms with Crippen molar-refractivity contribution in [1.29, 1.82) is 0 Å². The molecule has 6 nitrogen and oxygen atoms in total. The summed E-state index contributed by atoms with van der Waals surface area (Å²) in [5.41, 5.74) is 1.67. The molecule has 0 saturated carbocycles. The number of carbonyl (C=O) groups is 1. The van der Waals surface area contributed by atoms with Gasteiger partial charge < -0.3 is 19.6 Å². The molecule has 7 heteroatoms. The van der Waals surface area contributed by atoms with Gasteiger partial charge in [-0.1, -0.05) is 28.9 Å². The molecule has 0 aromatic heterocycles. The van der Waals surface area contributed by atoms with Crippen LogP contribution in [-0.4, -0.2) is 32.9 Å². The average Bonchev–Trinajstić information content (AvgIpc) is 2.63. The van der Waals surface area contributed by atoms with Crippen LogP contribution in [-0.2, 0) is 16.2 Å². The molecule has 0 atom stereocenters. The summed E-state index contributed by atoms with van der Waals surface area (Å²) < 4.78 is 10.4. The van der Waals surface area contributed by atoms with E-state index in [4.69, 9.17) is 25.9 Å². The number of oxime groups is 1. The van der Waals surface area contributed by atoms with E-state index in [9.17, 15) is 4.79 Å². The second kappa shape index (κ2) is 9.54. The average molecular weight is 363 g/mol. The fourth-order valence-corrected chi connectivity index (χ4v) is 2.24. The van der Waals surface area contributed by atoms with E-state index >= 15 is 0 Å². The first kappa shape index (κ1) is 18.6. The van der Waals surface area contributed by atoms with Crippen molar-refractivity contribution in [3.05, 3.63) is 58.6 Å². The van der Waals surface area contributed by atoms with Crippen molar-refractivity contribution in [3.8, 4) is 11.5 Å². The summed E-state index contributed by atoms with van der Waals surface area (Å²) in [6.07, 6.45) is 1.49. The molecule has 2 rings (SSSR count). The van der Waals surface area contributed by atoms with E-state index in [1.807, 2.05) is 12.1 Å². The van der Waals surface area contributed by atoms with Gasteiger partial charge in [0, 0.05) is 17.1 Å². The molecule has 0 aliphatic heterocycles. The van der Waals surface area contributed by atoms with Crippen LogP contribution in [0.25, 0.3) is 0 Å². The number of hydrogen-bond acceptors (Lipinski definition) is 5. The van der Waals surface area contributed by atoms with Crippen molar-refractivity contribution in [3.63, 3.8) is 0 Å². The third kappa shape index (κ3) is 6.00. The van der Waals surface area contributed by atoms with Gasteiger partial charge in [0.05, 0.1) is 20.4 Å². The lowest BCUT2D eigenvalue weighted by Gasteiger charge is -2.07. The van der Waals surface area contributed by atoms with E-state index in [1.165, 1.54) is 6.21 Å². The van der Waals surface area contributed by atoms with Crippen LogP contribution in [0.15, 0.2) is 47.6 Å². The Morgan fingerprint density at radius 1 is 1.16 bits per heavy atom. The number of amides is 1. The van der Waals surface area contributed by atoms with Gasteiger partial charge in [-0.05, 0) is 35.9 Å². The largest absolute Gasteiger partial charge is 0.493 e. The highest BCUT2D eigenvalue weighted by atomic mass is 35.5. The molecule has 0 fully saturated rings. The minimum absolute atomic E-state index is 0.176. The number of carbonyl (C=O) groups excluding carboxylic acids is 1. The lowest BCUT2D eigenvalue weighted by Crippen LogP contribution is -2.26. The third-order valence-corrected chi connectivity index (χ3v) is 3.49. The third-order valence-electron chi connectivity index (χ3n) is 3.26. The Labute approximate surface area is 151 Å². The summed E-state index contributed by atoms with van der Waals surface area (Å²) >= 11 is 5.89. The highest BCUT2D eigenvalue weighted by Gasteiger charge is 2.04. The van der Waals surface area contributed by atoms with Gasteiger partial charge >= 0.3 is 0 Å². The number of benzene rings is 2. The lowest BCUT2D eigenvalue weighted by molar-refractivity contribution is -0.125. The first-order valence-electron chi connectivity index (χ1n) is 7.51. The summed E-state index contributed by atoms with van der Waals surface area (Å²) in [5, 5.41) is 7.13. The summed E-state index contributed by atoms with van der Waals surface area (Å²) in [5.74, 6) is 0.941. The molecule has 0 bridgehead atoms. The van der Waals surface area contributed by atoms with Crippen LogP contribution >= 0.6 is 11.6 Å². The molecule has 25 heavy (non-hydrogen) atoms. The molecule has 132 valence electrons. The number of nitrogens with one attached hydrogen (secondary N) is 1. The Hall–Kier alpha value is -2.73. The van der Waals surface area contributed by atoms with E-state index in [1.54, 1.807) is 44.6 Å². The lowest BCUT2D eigenvalue weighted by atomic mass is 10.2. The molecule has 0 radical (unpaired) electrons. The number of methoxy groups -OCH3 is 2. The molecular formula is C18H19ClN2O4. The van der Waals surface area contributed by atoms with E-state index in [2.05, 4.69) is 10.5 Å². The quantitative estimate of drug-likeness (QED) is 0.579. The fraction of sp³-hybridized carbons (Fsp3) is 0.222. The maximum absolute atomic E-state index is 11.7. The molecule has 0 heterocycles. The molecule has 0 spiro atoms. The van der Waals surface area contributed by atoms with Crippen LogP contribution in [0, 0.1) is 0 Å². The minimum Gasteiger partial charge on any atom is -0.493 e. The topological polar surface area (TPSA) is 69.2 Å². The molecule has 1 N–H and O–H groups in total. The number of ether oxygens (including phenoxy) is 2. The number of hydrogen-bond donors (Lipinski definition) is 1. The molecule has 0 aliphatic rings. The van der Waals surface area contributed by atoms with Gasteiger partial charge in [0.25, 0.3) is 5.91 Å². The van der Waals surface area contributed by atoms with Crippen molar-refractivity contribution < 1.29 is 19.1 Å². The van der Waals surface area contributed by atoms with Crippen LogP contribution in [0.1, 0.15) is 11.1 Å². The second-order valence-electron chi connectivity index (χ2n) is 5.03. The maximum Gasteiger partial charge on any atom is 0.261 e. The first-order chi connectivity index (χ1) is 12.1. The zero-order valence-corrected chi connectivity index (χ0v) is 14.7. The number of rotatable bonds is 8. The monoisotopic (exact) mass is 362 g/mol. The number of halogens is 1. The molecule has 1 amide bonds. The Balaban J connectivity index is 1.77. The summed E-state index contributed by atoms with van der Waals surface area (Å²) in [6, 6.07) is 12.6. The summed E-state index contributed by atoms with van der Waals surface area (Å²) in [6.45, 7) is 0.201. The van der Waals surface area contributed by atoms with Gasteiger partial charge in [0.15, 0.2) is 18.1 Å². The van der Waals surface area contributed by atoms with Crippen LogP contribution < -0.4 is 14.8 Å². The molecule has 0 aliphatic carbocycles. The van der Waals surface area contributed by atoms with Gasteiger partial charge in [-0.3, -0.25) is 4.79 Å². The van der Waals surface area contributed by atoms with Crippen LogP contribution in [0.4, 0.5) is 0 Å². The predicted octanol–water partition coefficient (Wildman–Crippen LogP) is 3.02. The van der Waals surface area contributed by atoms with Crippen molar-refractivity contribution >= 4 is 23.7 Å². The van der Waals surface area contributed by atoms with Gasteiger partial charge in [-0.15, -0.1) is 0 Å². The molecule has 0 unspecified atom stereocenters. The Morgan fingerprint density at radius 2 is 1.96 bits per heavy atom.